The molecule has 0 spiro atoms. The van der Waals surface area contributed by atoms with Crippen molar-refractivity contribution in [2.75, 3.05) is 0 Å². The molecule has 4 nitrogen and oxygen atoms in total. The van der Waals surface area contributed by atoms with Gasteiger partial charge in [-0.3, -0.25) is 4.68 Å². The van der Waals surface area contributed by atoms with Gasteiger partial charge in [-0.05, 0) is 18.2 Å². The summed E-state index contributed by atoms with van der Waals surface area (Å²) in [6.07, 6.45) is 3.34. The Bertz CT molecular complexity index is 377. The van der Waals surface area contributed by atoms with Gasteiger partial charge in [-0.15, -0.1) is 0 Å². The Morgan fingerprint density at radius 2 is 2.38 bits per heavy atom. The van der Waals surface area contributed by atoms with E-state index in [0.717, 1.165) is 11.5 Å². The van der Waals surface area contributed by atoms with Crippen molar-refractivity contribution in [3.05, 3.63) is 42.1 Å². The standard InChI is InChI=1S/C9H11N3O/c1-12-7(4-5-11-12)9(10)8-3-2-6-13-8/h2-6,9H,10H2,1H3. The van der Waals surface area contributed by atoms with Gasteiger partial charge in [-0.2, -0.15) is 5.10 Å². The van der Waals surface area contributed by atoms with E-state index >= 15 is 0 Å². The normalized spacial score (nSPS) is 13.1. The first-order chi connectivity index (χ1) is 6.29. The van der Waals surface area contributed by atoms with Crippen LogP contribution < -0.4 is 5.73 Å². The second-order valence-corrected chi connectivity index (χ2v) is 2.87. The first-order valence-electron chi connectivity index (χ1n) is 4.06. The highest BCUT2D eigenvalue weighted by Gasteiger charge is 2.14. The van der Waals surface area contributed by atoms with Gasteiger partial charge in [0, 0.05) is 13.2 Å². The molecule has 0 aromatic carbocycles. The molecular formula is C9H11N3O. The molecule has 68 valence electrons. The van der Waals surface area contributed by atoms with Crippen molar-refractivity contribution in [1.29, 1.82) is 0 Å². The van der Waals surface area contributed by atoms with Gasteiger partial charge in [0.1, 0.15) is 11.8 Å². The summed E-state index contributed by atoms with van der Waals surface area (Å²) in [4.78, 5) is 0. The maximum Gasteiger partial charge on any atom is 0.126 e. The van der Waals surface area contributed by atoms with Gasteiger partial charge < -0.3 is 10.2 Å². The summed E-state index contributed by atoms with van der Waals surface area (Å²) < 4.78 is 6.95. The molecule has 0 fully saturated rings. The van der Waals surface area contributed by atoms with E-state index in [1.807, 2.05) is 25.2 Å². The maximum absolute atomic E-state index is 5.95. The monoisotopic (exact) mass is 177 g/mol. The zero-order valence-corrected chi connectivity index (χ0v) is 7.34. The topological polar surface area (TPSA) is 57.0 Å². The molecule has 0 saturated heterocycles. The van der Waals surface area contributed by atoms with Crippen LogP contribution in [-0.4, -0.2) is 9.78 Å². The average molecular weight is 177 g/mol. The SMILES string of the molecule is Cn1nccc1C(N)c1ccco1. The fraction of sp³-hybridized carbons (Fsp3) is 0.222. The molecule has 0 aliphatic rings. The van der Waals surface area contributed by atoms with Gasteiger partial charge in [-0.1, -0.05) is 0 Å². The first kappa shape index (κ1) is 8.07. The highest BCUT2D eigenvalue weighted by molar-refractivity contribution is 5.18. The number of aryl methyl sites for hydroxylation is 1. The predicted molar refractivity (Wildman–Crippen MR) is 47.9 cm³/mol. The molecule has 0 bridgehead atoms. The summed E-state index contributed by atoms with van der Waals surface area (Å²) in [5, 5.41) is 4.04. The molecule has 2 aromatic heterocycles. The summed E-state index contributed by atoms with van der Waals surface area (Å²) in [7, 11) is 1.86. The Morgan fingerprint density at radius 1 is 1.54 bits per heavy atom. The second-order valence-electron chi connectivity index (χ2n) is 2.87. The third kappa shape index (κ3) is 1.36. The number of furan rings is 1. The fourth-order valence-electron chi connectivity index (χ4n) is 1.30. The lowest BCUT2D eigenvalue weighted by Gasteiger charge is -2.08. The van der Waals surface area contributed by atoms with Crippen LogP contribution in [0.25, 0.3) is 0 Å². The van der Waals surface area contributed by atoms with Crippen molar-refractivity contribution in [1.82, 2.24) is 9.78 Å². The van der Waals surface area contributed by atoms with E-state index in [0.29, 0.717) is 0 Å². The third-order valence-electron chi connectivity index (χ3n) is 2.03. The van der Waals surface area contributed by atoms with Crippen molar-refractivity contribution in [3.8, 4) is 0 Å². The summed E-state index contributed by atoms with van der Waals surface area (Å²) in [6.45, 7) is 0. The molecule has 2 heterocycles. The molecule has 13 heavy (non-hydrogen) atoms. The van der Waals surface area contributed by atoms with E-state index in [9.17, 15) is 0 Å². The number of hydrogen-bond acceptors (Lipinski definition) is 3. The minimum Gasteiger partial charge on any atom is -0.467 e. The molecule has 4 heteroatoms. The molecule has 0 radical (unpaired) electrons. The number of rotatable bonds is 2. The lowest BCUT2D eigenvalue weighted by Crippen LogP contribution is -2.15. The van der Waals surface area contributed by atoms with Crippen LogP contribution in [0.5, 0.6) is 0 Å². The van der Waals surface area contributed by atoms with Gasteiger partial charge >= 0.3 is 0 Å². The van der Waals surface area contributed by atoms with Crippen LogP contribution in [0, 0.1) is 0 Å². The molecule has 0 saturated carbocycles. The van der Waals surface area contributed by atoms with Crippen molar-refractivity contribution in [2.24, 2.45) is 12.8 Å². The molecule has 1 atom stereocenters. The molecule has 1 unspecified atom stereocenters. The lowest BCUT2D eigenvalue weighted by atomic mass is 10.2. The molecule has 0 amide bonds. The number of nitrogens with zero attached hydrogens (tertiary/aromatic N) is 2. The van der Waals surface area contributed by atoms with Crippen molar-refractivity contribution in [3.63, 3.8) is 0 Å². The Kier molecular flexibility index (Phi) is 1.90. The van der Waals surface area contributed by atoms with E-state index in [4.69, 9.17) is 10.2 Å². The van der Waals surface area contributed by atoms with Gasteiger partial charge in [0.05, 0.1) is 12.0 Å². The Labute approximate surface area is 76.0 Å². The lowest BCUT2D eigenvalue weighted by molar-refractivity contribution is 0.478. The number of hydrogen-bond donors (Lipinski definition) is 1. The number of aromatic nitrogens is 2. The minimum atomic E-state index is -0.234. The maximum atomic E-state index is 5.95. The Morgan fingerprint density at radius 3 is 2.92 bits per heavy atom. The zero-order valence-electron chi connectivity index (χ0n) is 7.34. The average Bonchev–Trinajstić information content (AvgIpc) is 2.72. The summed E-state index contributed by atoms with van der Waals surface area (Å²) >= 11 is 0. The first-order valence-corrected chi connectivity index (χ1v) is 4.06. The van der Waals surface area contributed by atoms with E-state index in [1.165, 1.54) is 0 Å². The summed E-state index contributed by atoms with van der Waals surface area (Å²) in [5.74, 6) is 0.753. The van der Waals surface area contributed by atoms with E-state index in [1.54, 1.807) is 17.1 Å². The van der Waals surface area contributed by atoms with Gasteiger partial charge in [0.15, 0.2) is 0 Å². The molecule has 2 N–H and O–H groups in total. The van der Waals surface area contributed by atoms with Crippen LogP contribution in [0.4, 0.5) is 0 Å². The Hall–Kier alpha value is -1.55. The van der Waals surface area contributed by atoms with Gasteiger partial charge in [0.25, 0.3) is 0 Å². The molecule has 0 aliphatic carbocycles. The van der Waals surface area contributed by atoms with Crippen molar-refractivity contribution < 1.29 is 4.42 Å². The predicted octanol–water partition coefficient (Wildman–Crippen LogP) is 1.06. The summed E-state index contributed by atoms with van der Waals surface area (Å²) in [6, 6.07) is 5.33. The van der Waals surface area contributed by atoms with Crippen LogP contribution >= 0.6 is 0 Å². The smallest absolute Gasteiger partial charge is 0.126 e. The van der Waals surface area contributed by atoms with Crippen LogP contribution in [0.1, 0.15) is 17.5 Å². The largest absolute Gasteiger partial charge is 0.467 e. The van der Waals surface area contributed by atoms with E-state index < -0.39 is 0 Å². The number of nitrogens with two attached hydrogens (primary N) is 1. The van der Waals surface area contributed by atoms with Gasteiger partial charge in [0.2, 0.25) is 0 Å². The minimum absolute atomic E-state index is 0.234. The Balaban J connectivity index is 2.33. The zero-order chi connectivity index (χ0) is 9.26. The molecule has 2 rings (SSSR count). The summed E-state index contributed by atoms with van der Waals surface area (Å²) in [5.41, 5.74) is 6.89. The van der Waals surface area contributed by atoms with Crippen LogP contribution in [0.2, 0.25) is 0 Å². The van der Waals surface area contributed by atoms with Gasteiger partial charge in [-0.25, -0.2) is 0 Å². The quantitative estimate of drug-likeness (QED) is 0.746. The molecule has 0 aliphatic heterocycles. The molecule has 2 aromatic rings. The second kappa shape index (κ2) is 3.06. The van der Waals surface area contributed by atoms with E-state index in [-0.39, 0.29) is 6.04 Å². The van der Waals surface area contributed by atoms with Crippen molar-refractivity contribution >= 4 is 0 Å². The van der Waals surface area contributed by atoms with Crippen LogP contribution in [0.15, 0.2) is 35.1 Å². The van der Waals surface area contributed by atoms with Crippen molar-refractivity contribution in [2.45, 2.75) is 6.04 Å². The highest BCUT2D eigenvalue weighted by Crippen LogP contribution is 2.18. The third-order valence-corrected chi connectivity index (χ3v) is 2.03. The highest BCUT2D eigenvalue weighted by atomic mass is 16.3. The molecular weight excluding hydrogens is 166 g/mol. The van der Waals surface area contributed by atoms with Crippen LogP contribution in [0.3, 0.4) is 0 Å². The van der Waals surface area contributed by atoms with E-state index in [2.05, 4.69) is 5.10 Å². The fourth-order valence-corrected chi connectivity index (χ4v) is 1.30. The van der Waals surface area contributed by atoms with Crippen LogP contribution in [-0.2, 0) is 7.05 Å².